The lowest BCUT2D eigenvalue weighted by molar-refractivity contribution is -0.0210. The molecule has 1 rings (SSSR count). The average molecular weight is 284 g/mol. The monoisotopic (exact) mass is 284 g/mol. The zero-order valence-electron chi connectivity index (χ0n) is 13.8. The molecule has 2 heteroatoms. The molecule has 0 aliphatic carbocycles. The first-order valence-corrected chi connectivity index (χ1v) is 9.05. The number of hydrogen-bond donors (Lipinski definition) is 1. The van der Waals surface area contributed by atoms with Crippen molar-refractivity contribution in [3.05, 3.63) is 0 Å². The van der Waals surface area contributed by atoms with Gasteiger partial charge < -0.3 is 9.84 Å². The average Bonchev–Trinajstić information content (AvgIpc) is 2.87. The van der Waals surface area contributed by atoms with Gasteiger partial charge in [0.15, 0.2) is 0 Å². The summed E-state index contributed by atoms with van der Waals surface area (Å²) < 4.78 is 5.62. The first-order chi connectivity index (χ1) is 9.75. The quantitative estimate of drug-likeness (QED) is 0.506. The molecule has 0 amide bonds. The molecule has 3 atom stereocenters. The Labute approximate surface area is 126 Å². The molecule has 1 heterocycles. The Bertz CT molecular complexity index is 217. The summed E-state index contributed by atoms with van der Waals surface area (Å²) in [6, 6.07) is 0. The zero-order valence-corrected chi connectivity index (χ0v) is 13.8. The number of unbranched alkanes of at least 4 members (excludes halogenated alkanes) is 9. The van der Waals surface area contributed by atoms with Crippen molar-refractivity contribution in [1.82, 2.24) is 0 Å². The van der Waals surface area contributed by atoms with Crippen molar-refractivity contribution in [3.63, 3.8) is 0 Å². The van der Waals surface area contributed by atoms with Gasteiger partial charge in [-0.3, -0.25) is 0 Å². The topological polar surface area (TPSA) is 29.5 Å². The molecule has 1 saturated heterocycles. The van der Waals surface area contributed by atoms with Gasteiger partial charge in [-0.2, -0.15) is 0 Å². The minimum atomic E-state index is -0.235. The van der Waals surface area contributed by atoms with E-state index < -0.39 is 0 Å². The van der Waals surface area contributed by atoms with Gasteiger partial charge in [-0.1, -0.05) is 78.1 Å². The molecule has 0 aromatic heterocycles. The van der Waals surface area contributed by atoms with Crippen molar-refractivity contribution in [1.29, 1.82) is 0 Å². The van der Waals surface area contributed by atoms with Crippen LogP contribution in [0.2, 0.25) is 0 Å². The number of hydrogen-bond acceptors (Lipinski definition) is 2. The Morgan fingerprint density at radius 1 is 0.950 bits per heavy atom. The molecule has 1 N–H and O–H groups in total. The molecular formula is C18H36O2. The van der Waals surface area contributed by atoms with Crippen LogP contribution in [0.4, 0.5) is 0 Å². The molecule has 1 aliphatic heterocycles. The van der Waals surface area contributed by atoms with Gasteiger partial charge in [-0.15, -0.1) is 0 Å². The van der Waals surface area contributed by atoms with Gasteiger partial charge in [0.05, 0.1) is 12.2 Å². The summed E-state index contributed by atoms with van der Waals surface area (Å²) in [6.45, 7) is 5.30. The smallest absolute Gasteiger partial charge is 0.0860 e. The highest BCUT2D eigenvalue weighted by atomic mass is 16.5. The second-order valence-corrected chi connectivity index (χ2v) is 6.64. The van der Waals surface area contributed by atoms with E-state index in [0.29, 0.717) is 5.92 Å². The minimum Gasteiger partial charge on any atom is -0.390 e. The van der Waals surface area contributed by atoms with E-state index in [1.54, 1.807) is 0 Å². The van der Waals surface area contributed by atoms with Crippen LogP contribution in [0.25, 0.3) is 0 Å². The Morgan fingerprint density at radius 3 is 2.00 bits per heavy atom. The molecule has 1 aliphatic rings. The summed E-state index contributed by atoms with van der Waals surface area (Å²) in [7, 11) is 0. The molecule has 20 heavy (non-hydrogen) atoms. The SMILES string of the molecule is CCCCCCCCCCCCC(O)C1OCCC1C. The fraction of sp³-hybridized carbons (Fsp3) is 1.00. The van der Waals surface area contributed by atoms with Crippen LogP contribution in [0.1, 0.15) is 90.9 Å². The maximum absolute atomic E-state index is 10.1. The van der Waals surface area contributed by atoms with Crippen molar-refractivity contribution >= 4 is 0 Å². The van der Waals surface area contributed by atoms with Gasteiger partial charge in [-0.05, 0) is 18.8 Å². The highest BCUT2D eigenvalue weighted by Crippen LogP contribution is 2.25. The molecule has 0 saturated carbocycles. The van der Waals surface area contributed by atoms with Crippen molar-refractivity contribution in [2.24, 2.45) is 5.92 Å². The Hall–Kier alpha value is -0.0800. The lowest BCUT2D eigenvalue weighted by Crippen LogP contribution is -2.29. The third-order valence-corrected chi connectivity index (χ3v) is 4.68. The summed E-state index contributed by atoms with van der Waals surface area (Å²) in [5.74, 6) is 0.535. The molecule has 120 valence electrons. The summed E-state index contributed by atoms with van der Waals surface area (Å²) in [5.41, 5.74) is 0. The second-order valence-electron chi connectivity index (χ2n) is 6.64. The lowest BCUT2D eigenvalue weighted by Gasteiger charge is -2.21. The molecule has 0 bridgehead atoms. The number of aliphatic hydroxyl groups is 1. The van der Waals surface area contributed by atoms with Crippen LogP contribution in [0, 0.1) is 5.92 Å². The van der Waals surface area contributed by atoms with E-state index in [1.807, 2.05) is 0 Å². The molecule has 0 radical (unpaired) electrons. The first-order valence-electron chi connectivity index (χ1n) is 9.05. The lowest BCUT2D eigenvalue weighted by atomic mass is 9.95. The van der Waals surface area contributed by atoms with Crippen LogP contribution in [-0.2, 0) is 4.74 Å². The molecule has 0 aromatic rings. The highest BCUT2D eigenvalue weighted by Gasteiger charge is 2.30. The summed E-state index contributed by atoms with van der Waals surface area (Å²) in [4.78, 5) is 0. The second kappa shape index (κ2) is 11.6. The number of rotatable bonds is 12. The predicted octanol–water partition coefficient (Wildman–Crippen LogP) is 5.08. The van der Waals surface area contributed by atoms with Crippen LogP contribution in [0.3, 0.4) is 0 Å². The standard InChI is InChI=1S/C18H36O2/c1-3-4-5-6-7-8-9-10-11-12-13-17(19)18-16(2)14-15-20-18/h16-19H,3-15H2,1-2H3. The normalized spacial score (nSPS) is 24.1. The molecule has 1 fully saturated rings. The van der Waals surface area contributed by atoms with E-state index in [1.165, 1.54) is 57.8 Å². The van der Waals surface area contributed by atoms with Crippen LogP contribution in [0.15, 0.2) is 0 Å². The Morgan fingerprint density at radius 2 is 1.50 bits per heavy atom. The van der Waals surface area contributed by atoms with Gasteiger partial charge >= 0.3 is 0 Å². The van der Waals surface area contributed by atoms with E-state index in [2.05, 4.69) is 13.8 Å². The molecule has 3 unspecified atom stereocenters. The van der Waals surface area contributed by atoms with Crippen LogP contribution >= 0.6 is 0 Å². The maximum atomic E-state index is 10.1. The molecule has 2 nitrogen and oxygen atoms in total. The third-order valence-electron chi connectivity index (χ3n) is 4.68. The minimum absolute atomic E-state index is 0.105. The summed E-state index contributed by atoms with van der Waals surface area (Å²) in [6.07, 6.45) is 15.4. The number of ether oxygens (including phenoxy) is 1. The van der Waals surface area contributed by atoms with Crippen molar-refractivity contribution in [2.45, 2.75) is 103 Å². The van der Waals surface area contributed by atoms with E-state index in [9.17, 15) is 5.11 Å². The third kappa shape index (κ3) is 7.64. The van der Waals surface area contributed by atoms with Crippen LogP contribution in [0.5, 0.6) is 0 Å². The van der Waals surface area contributed by atoms with E-state index in [-0.39, 0.29) is 12.2 Å². The van der Waals surface area contributed by atoms with Crippen molar-refractivity contribution in [3.8, 4) is 0 Å². The zero-order chi connectivity index (χ0) is 14.6. The highest BCUT2D eigenvalue weighted by molar-refractivity contribution is 4.79. The van der Waals surface area contributed by atoms with E-state index in [0.717, 1.165) is 25.9 Å². The van der Waals surface area contributed by atoms with Gasteiger partial charge in [0.25, 0.3) is 0 Å². The fourth-order valence-corrected chi connectivity index (χ4v) is 3.21. The van der Waals surface area contributed by atoms with Gasteiger partial charge in [-0.25, -0.2) is 0 Å². The molecular weight excluding hydrogens is 248 g/mol. The fourth-order valence-electron chi connectivity index (χ4n) is 3.21. The van der Waals surface area contributed by atoms with Crippen LogP contribution < -0.4 is 0 Å². The Balaban J connectivity index is 1.84. The summed E-state index contributed by atoms with van der Waals surface area (Å²) >= 11 is 0. The maximum Gasteiger partial charge on any atom is 0.0860 e. The van der Waals surface area contributed by atoms with Crippen molar-refractivity contribution in [2.75, 3.05) is 6.61 Å². The van der Waals surface area contributed by atoms with Gasteiger partial charge in [0, 0.05) is 6.61 Å². The largest absolute Gasteiger partial charge is 0.390 e. The molecule has 0 aromatic carbocycles. The van der Waals surface area contributed by atoms with Crippen molar-refractivity contribution < 1.29 is 9.84 Å². The molecule has 0 spiro atoms. The predicted molar refractivity (Wildman–Crippen MR) is 86.0 cm³/mol. The number of aliphatic hydroxyl groups excluding tert-OH is 1. The van der Waals surface area contributed by atoms with E-state index >= 15 is 0 Å². The summed E-state index contributed by atoms with van der Waals surface area (Å²) in [5, 5.41) is 10.1. The van der Waals surface area contributed by atoms with E-state index in [4.69, 9.17) is 4.74 Å². The van der Waals surface area contributed by atoms with Gasteiger partial charge in [0.1, 0.15) is 0 Å². The Kier molecular flexibility index (Phi) is 10.4. The first kappa shape index (κ1) is 18.0. The van der Waals surface area contributed by atoms with Crippen LogP contribution in [-0.4, -0.2) is 23.9 Å². The van der Waals surface area contributed by atoms with Gasteiger partial charge in [0.2, 0.25) is 0 Å².